The molecular formula is C19H41NO3Si2. The van der Waals surface area contributed by atoms with E-state index in [4.69, 9.17) is 13.7 Å². The summed E-state index contributed by atoms with van der Waals surface area (Å²) in [6, 6.07) is 0. The second-order valence-corrected chi connectivity index (χ2v) is 20.1. The molecule has 0 heterocycles. The van der Waals surface area contributed by atoms with Gasteiger partial charge in [0.1, 0.15) is 7.11 Å². The van der Waals surface area contributed by atoms with Crippen LogP contribution in [-0.4, -0.2) is 42.7 Å². The first kappa shape index (κ1) is 22.9. The molecule has 2 atom stereocenters. The molecule has 6 heteroatoms. The molecule has 0 amide bonds. The Kier molecular flexibility index (Phi) is 7.16. The lowest BCUT2D eigenvalue weighted by Crippen LogP contribution is -2.50. The van der Waals surface area contributed by atoms with Crippen molar-refractivity contribution in [1.29, 1.82) is 0 Å². The lowest BCUT2D eigenvalue weighted by molar-refractivity contribution is 0.126. The molecule has 25 heavy (non-hydrogen) atoms. The molecule has 0 aromatic heterocycles. The van der Waals surface area contributed by atoms with E-state index in [9.17, 15) is 0 Å². The van der Waals surface area contributed by atoms with Gasteiger partial charge in [-0.25, -0.2) is 0 Å². The number of hydrogen-bond acceptors (Lipinski definition) is 4. The van der Waals surface area contributed by atoms with Gasteiger partial charge in [0.25, 0.3) is 0 Å². The predicted octanol–water partition coefficient (Wildman–Crippen LogP) is 5.67. The Labute approximate surface area is 158 Å². The second kappa shape index (κ2) is 7.83. The van der Waals surface area contributed by atoms with E-state index in [2.05, 4.69) is 72.9 Å². The summed E-state index contributed by atoms with van der Waals surface area (Å²) in [6.45, 7) is 24.5. The Morgan fingerprint density at radius 2 is 1.32 bits per heavy atom. The Bertz CT molecular complexity index is 476. The third-order valence-electron chi connectivity index (χ3n) is 6.57. The highest BCUT2D eigenvalue weighted by atomic mass is 28.4. The molecule has 1 rings (SSSR count). The van der Waals surface area contributed by atoms with Crippen LogP contribution in [0.25, 0.3) is 0 Å². The maximum atomic E-state index is 6.46. The second-order valence-electron chi connectivity index (χ2n) is 10.5. The summed E-state index contributed by atoms with van der Waals surface area (Å²) in [6.07, 6.45) is 0.966. The van der Waals surface area contributed by atoms with Crippen LogP contribution in [0.4, 0.5) is 0 Å². The van der Waals surface area contributed by atoms with Crippen molar-refractivity contribution in [3.8, 4) is 0 Å². The molecule has 0 radical (unpaired) electrons. The molecular weight excluding hydrogens is 346 g/mol. The molecule has 0 aliphatic heterocycles. The fraction of sp³-hybridized carbons (Fsp3) is 0.947. The number of nitrogens with zero attached hydrogens (tertiary/aromatic N) is 1. The fourth-order valence-electron chi connectivity index (χ4n) is 2.35. The van der Waals surface area contributed by atoms with E-state index < -0.39 is 16.6 Å². The van der Waals surface area contributed by atoms with Gasteiger partial charge in [0, 0.05) is 19.1 Å². The van der Waals surface area contributed by atoms with E-state index in [0.717, 1.165) is 25.3 Å². The van der Waals surface area contributed by atoms with E-state index in [1.807, 2.05) is 0 Å². The maximum Gasteiger partial charge on any atom is 0.192 e. The van der Waals surface area contributed by atoms with Crippen LogP contribution in [0.3, 0.4) is 0 Å². The topological polar surface area (TPSA) is 40.0 Å². The summed E-state index contributed by atoms with van der Waals surface area (Å²) < 4.78 is 12.9. The molecule has 1 saturated carbocycles. The number of oxime groups is 1. The number of rotatable bonds is 7. The van der Waals surface area contributed by atoms with Crippen LogP contribution in [0.1, 0.15) is 48.0 Å². The summed E-state index contributed by atoms with van der Waals surface area (Å²) in [5.41, 5.74) is 1.13. The van der Waals surface area contributed by atoms with Crippen molar-refractivity contribution >= 4 is 22.3 Å². The first-order valence-corrected chi connectivity index (χ1v) is 15.3. The van der Waals surface area contributed by atoms with Crippen molar-refractivity contribution in [1.82, 2.24) is 0 Å². The molecule has 1 aliphatic carbocycles. The smallest absolute Gasteiger partial charge is 0.192 e. The molecule has 1 aliphatic rings. The monoisotopic (exact) mass is 387 g/mol. The van der Waals surface area contributed by atoms with E-state index in [-0.39, 0.29) is 10.1 Å². The Morgan fingerprint density at radius 1 is 0.880 bits per heavy atom. The van der Waals surface area contributed by atoms with Crippen molar-refractivity contribution in [3.05, 3.63) is 0 Å². The van der Waals surface area contributed by atoms with Gasteiger partial charge in [0.15, 0.2) is 16.6 Å². The van der Waals surface area contributed by atoms with Crippen molar-refractivity contribution in [2.75, 3.05) is 20.3 Å². The van der Waals surface area contributed by atoms with Crippen molar-refractivity contribution in [2.45, 2.75) is 84.2 Å². The molecule has 0 aromatic carbocycles. The van der Waals surface area contributed by atoms with Gasteiger partial charge in [-0.05, 0) is 48.6 Å². The van der Waals surface area contributed by atoms with E-state index >= 15 is 0 Å². The third kappa shape index (κ3) is 5.65. The highest BCUT2D eigenvalue weighted by Crippen LogP contribution is 2.41. The minimum Gasteiger partial charge on any atom is -0.417 e. The maximum absolute atomic E-state index is 6.46. The number of hydrogen-bond donors (Lipinski definition) is 0. The normalized spacial score (nSPS) is 24.4. The van der Waals surface area contributed by atoms with Crippen LogP contribution in [-0.2, 0) is 13.7 Å². The summed E-state index contributed by atoms with van der Waals surface area (Å²) >= 11 is 0. The summed E-state index contributed by atoms with van der Waals surface area (Å²) in [5.74, 6) is 0.826. The largest absolute Gasteiger partial charge is 0.417 e. The van der Waals surface area contributed by atoms with Gasteiger partial charge in [-0.15, -0.1) is 0 Å². The van der Waals surface area contributed by atoms with Gasteiger partial charge in [-0.2, -0.15) is 0 Å². The highest BCUT2D eigenvalue weighted by molar-refractivity contribution is 6.74. The van der Waals surface area contributed by atoms with E-state index in [1.54, 1.807) is 7.11 Å². The van der Waals surface area contributed by atoms with Crippen molar-refractivity contribution in [3.63, 3.8) is 0 Å². The highest BCUT2D eigenvalue weighted by Gasteiger charge is 2.44. The van der Waals surface area contributed by atoms with Crippen LogP contribution < -0.4 is 0 Å². The Morgan fingerprint density at radius 3 is 1.72 bits per heavy atom. The van der Waals surface area contributed by atoms with Gasteiger partial charge in [-0.3, -0.25) is 0 Å². The fourth-order valence-corrected chi connectivity index (χ4v) is 4.44. The average Bonchev–Trinajstić information content (AvgIpc) is 2.39. The first-order chi connectivity index (χ1) is 11.1. The van der Waals surface area contributed by atoms with Crippen molar-refractivity contribution in [2.24, 2.45) is 17.0 Å². The first-order valence-electron chi connectivity index (χ1n) is 9.50. The minimum absolute atomic E-state index is 0.225. The molecule has 0 spiro atoms. The molecule has 0 saturated heterocycles. The quantitative estimate of drug-likeness (QED) is 0.417. The van der Waals surface area contributed by atoms with Crippen LogP contribution in [0, 0.1) is 11.8 Å². The summed E-state index contributed by atoms with van der Waals surface area (Å²) in [4.78, 5) is 5.03. The summed E-state index contributed by atoms with van der Waals surface area (Å²) in [7, 11) is -1.84. The van der Waals surface area contributed by atoms with Gasteiger partial charge < -0.3 is 13.7 Å². The zero-order valence-electron chi connectivity index (χ0n) is 18.4. The SMILES string of the molecule is CON=C1C[C@@H](CO[Si](C)(C)C(C)(C)C)[C@H]1CO[Si](C)(C)C(C)(C)C. The van der Waals surface area contributed by atoms with Crippen LogP contribution in [0.2, 0.25) is 36.3 Å². The average molecular weight is 388 g/mol. The van der Waals surface area contributed by atoms with Gasteiger partial charge in [0.05, 0.1) is 5.71 Å². The third-order valence-corrected chi connectivity index (χ3v) is 15.6. The molecule has 4 nitrogen and oxygen atoms in total. The summed E-state index contributed by atoms with van der Waals surface area (Å²) in [5, 5.41) is 4.69. The van der Waals surface area contributed by atoms with Crippen molar-refractivity contribution < 1.29 is 13.7 Å². The van der Waals surface area contributed by atoms with Crippen LogP contribution in [0.15, 0.2) is 5.16 Å². The minimum atomic E-state index is -1.75. The zero-order chi connectivity index (χ0) is 19.7. The lowest BCUT2D eigenvalue weighted by atomic mass is 9.73. The molecule has 0 bridgehead atoms. The van der Waals surface area contributed by atoms with Gasteiger partial charge >= 0.3 is 0 Å². The van der Waals surface area contributed by atoms with Gasteiger partial charge in [-0.1, -0.05) is 46.7 Å². The van der Waals surface area contributed by atoms with E-state index in [0.29, 0.717) is 11.8 Å². The molecule has 0 N–H and O–H groups in total. The molecule has 0 unspecified atom stereocenters. The molecule has 1 fully saturated rings. The zero-order valence-corrected chi connectivity index (χ0v) is 20.4. The van der Waals surface area contributed by atoms with Crippen LogP contribution >= 0.6 is 0 Å². The Hall–Kier alpha value is -0.176. The standard InChI is InChI=1S/C19H41NO3Si2/c1-18(2,3)24(8,9)22-13-15-12-17(20-21-7)16(15)14-23-25(10,11)19(4,5)6/h15-16H,12-14H2,1-11H3/t15-,16+/m0/s1. The van der Waals surface area contributed by atoms with E-state index in [1.165, 1.54) is 0 Å². The predicted molar refractivity (Wildman–Crippen MR) is 112 cm³/mol. The Balaban J connectivity index is 2.71. The molecule has 148 valence electrons. The van der Waals surface area contributed by atoms with Crippen LogP contribution in [0.5, 0.6) is 0 Å². The molecule has 0 aromatic rings. The lowest BCUT2D eigenvalue weighted by Gasteiger charge is -2.44. The van der Waals surface area contributed by atoms with Gasteiger partial charge in [0.2, 0.25) is 0 Å².